The number of anilines is 1. The molecule has 2 heterocycles. The molecule has 25 heavy (non-hydrogen) atoms. The standard InChI is InChI=1S/C19H30N4O2/c1-4-23(17-8-5-9-20-13-17)18(24)11-16-7-6-10-22(14-16)19(25)21-12-15(2)3/h5,8-9,13,15-16H,4,6-7,10-12,14H2,1-3H3,(H,21,25). The highest BCUT2D eigenvalue weighted by Gasteiger charge is 2.27. The summed E-state index contributed by atoms with van der Waals surface area (Å²) < 4.78 is 0. The van der Waals surface area contributed by atoms with Crippen LogP contribution in [0.3, 0.4) is 0 Å². The van der Waals surface area contributed by atoms with Crippen molar-refractivity contribution in [3.05, 3.63) is 24.5 Å². The molecule has 1 unspecified atom stereocenters. The maximum atomic E-state index is 12.7. The molecular formula is C19H30N4O2. The van der Waals surface area contributed by atoms with Crippen molar-refractivity contribution in [3.63, 3.8) is 0 Å². The Morgan fingerprint density at radius 3 is 2.88 bits per heavy atom. The highest BCUT2D eigenvalue weighted by atomic mass is 16.2. The number of piperidine rings is 1. The van der Waals surface area contributed by atoms with Crippen LogP contribution in [0.2, 0.25) is 0 Å². The Kier molecular flexibility index (Phi) is 7.22. The lowest BCUT2D eigenvalue weighted by Gasteiger charge is -2.33. The number of urea groups is 1. The Hall–Kier alpha value is -2.11. The van der Waals surface area contributed by atoms with E-state index in [1.54, 1.807) is 17.3 Å². The van der Waals surface area contributed by atoms with E-state index in [0.717, 1.165) is 25.1 Å². The summed E-state index contributed by atoms with van der Waals surface area (Å²) in [5.74, 6) is 0.755. The minimum atomic E-state index is -0.00884. The lowest BCUT2D eigenvalue weighted by atomic mass is 9.94. The van der Waals surface area contributed by atoms with Crippen LogP contribution in [0, 0.1) is 11.8 Å². The SMILES string of the molecule is CCN(C(=O)CC1CCCN(C(=O)NCC(C)C)C1)c1cccnc1. The Balaban J connectivity index is 1.90. The van der Waals surface area contributed by atoms with Crippen molar-refractivity contribution in [2.24, 2.45) is 11.8 Å². The topological polar surface area (TPSA) is 65.5 Å². The fourth-order valence-electron chi connectivity index (χ4n) is 3.19. The van der Waals surface area contributed by atoms with Gasteiger partial charge in [-0.05, 0) is 43.7 Å². The number of amides is 3. The van der Waals surface area contributed by atoms with E-state index in [2.05, 4.69) is 24.1 Å². The summed E-state index contributed by atoms with van der Waals surface area (Å²) in [5, 5.41) is 2.97. The maximum Gasteiger partial charge on any atom is 0.317 e. The molecule has 0 spiro atoms. The third-order valence-electron chi connectivity index (χ3n) is 4.51. The molecule has 0 saturated carbocycles. The molecule has 1 aromatic rings. The summed E-state index contributed by atoms with van der Waals surface area (Å²) in [6.45, 7) is 8.86. The van der Waals surface area contributed by atoms with Gasteiger partial charge in [0.25, 0.3) is 0 Å². The van der Waals surface area contributed by atoms with Gasteiger partial charge in [-0.1, -0.05) is 13.8 Å². The lowest BCUT2D eigenvalue weighted by Crippen LogP contribution is -2.47. The molecule has 0 aromatic carbocycles. The van der Waals surface area contributed by atoms with E-state index in [4.69, 9.17) is 0 Å². The van der Waals surface area contributed by atoms with Crippen LogP contribution in [0.4, 0.5) is 10.5 Å². The Morgan fingerprint density at radius 1 is 1.44 bits per heavy atom. The maximum absolute atomic E-state index is 12.7. The Bertz CT molecular complexity index is 562. The molecular weight excluding hydrogens is 316 g/mol. The van der Waals surface area contributed by atoms with E-state index in [1.165, 1.54) is 0 Å². The second kappa shape index (κ2) is 9.39. The molecule has 1 N–H and O–H groups in total. The molecule has 6 heteroatoms. The second-order valence-electron chi connectivity index (χ2n) is 7.09. The van der Waals surface area contributed by atoms with Crippen LogP contribution in [-0.2, 0) is 4.79 Å². The highest BCUT2D eigenvalue weighted by Crippen LogP contribution is 2.22. The number of carbonyl (C=O) groups excluding carboxylic acids is 2. The first-order chi connectivity index (χ1) is 12.0. The highest BCUT2D eigenvalue weighted by molar-refractivity contribution is 5.93. The molecule has 2 rings (SSSR count). The zero-order chi connectivity index (χ0) is 18.2. The Labute approximate surface area is 150 Å². The average Bonchev–Trinajstić information content (AvgIpc) is 2.61. The number of likely N-dealkylation sites (tertiary alicyclic amines) is 1. The van der Waals surface area contributed by atoms with E-state index >= 15 is 0 Å². The molecule has 1 aliphatic rings. The fraction of sp³-hybridized carbons (Fsp3) is 0.632. The molecule has 0 aliphatic carbocycles. The smallest absolute Gasteiger partial charge is 0.317 e. The van der Waals surface area contributed by atoms with E-state index in [-0.39, 0.29) is 17.9 Å². The van der Waals surface area contributed by atoms with Gasteiger partial charge in [0.1, 0.15) is 0 Å². The molecule has 1 aliphatic heterocycles. The van der Waals surface area contributed by atoms with Gasteiger partial charge in [-0.25, -0.2) is 4.79 Å². The van der Waals surface area contributed by atoms with Crippen LogP contribution in [0.1, 0.15) is 40.0 Å². The Morgan fingerprint density at radius 2 is 2.24 bits per heavy atom. The monoisotopic (exact) mass is 346 g/mol. The van der Waals surface area contributed by atoms with E-state index in [0.29, 0.717) is 32.0 Å². The minimum absolute atomic E-state index is 0.00884. The zero-order valence-electron chi connectivity index (χ0n) is 15.6. The van der Waals surface area contributed by atoms with Gasteiger partial charge in [-0.3, -0.25) is 9.78 Å². The van der Waals surface area contributed by atoms with Gasteiger partial charge in [0, 0.05) is 38.8 Å². The molecule has 138 valence electrons. The molecule has 1 fully saturated rings. The van der Waals surface area contributed by atoms with Crippen molar-refractivity contribution in [1.82, 2.24) is 15.2 Å². The summed E-state index contributed by atoms with van der Waals surface area (Å²) in [5.41, 5.74) is 0.831. The van der Waals surface area contributed by atoms with Crippen LogP contribution < -0.4 is 10.2 Å². The summed E-state index contributed by atoms with van der Waals surface area (Å²) in [7, 11) is 0. The minimum Gasteiger partial charge on any atom is -0.338 e. The van der Waals surface area contributed by atoms with Gasteiger partial charge in [0.05, 0.1) is 11.9 Å². The third kappa shape index (κ3) is 5.73. The molecule has 1 saturated heterocycles. The first-order valence-electron chi connectivity index (χ1n) is 9.24. The molecule has 3 amide bonds. The number of pyridine rings is 1. The third-order valence-corrected chi connectivity index (χ3v) is 4.51. The van der Waals surface area contributed by atoms with Crippen LogP contribution >= 0.6 is 0 Å². The van der Waals surface area contributed by atoms with Gasteiger partial charge < -0.3 is 15.1 Å². The number of rotatable bonds is 6. The van der Waals surface area contributed by atoms with Crippen LogP contribution in [0.5, 0.6) is 0 Å². The van der Waals surface area contributed by atoms with Crippen molar-refractivity contribution in [1.29, 1.82) is 0 Å². The summed E-state index contributed by atoms with van der Waals surface area (Å²) in [4.78, 5) is 32.7. The van der Waals surface area contributed by atoms with Gasteiger partial charge in [0.15, 0.2) is 0 Å². The van der Waals surface area contributed by atoms with E-state index < -0.39 is 0 Å². The van der Waals surface area contributed by atoms with Crippen molar-refractivity contribution in [2.75, 3.05) is 31.1 Å². The second-order valence-corrected chi connectivity index (χ2v) is 7.09. The summed E-state index contributed by atoms with van der Waals surface area (Å²) in [6.07, 6.45) is 5.83. The largest absolute Gasteiger partial charge is 0.338 e. The number of nitrogens with one attached hydrogen (secondary N) is 1. The molecule has 1 aromatic heterocycles. The number of carbonyl (C=O) groups is 2. The van der Waals surface area contributed by atoms with Gasteiger partial charge >= 0.3 is 6.03 Å². The molecule has 1 atom stereocenters. The predicted octanol–water partition coefficient (Wildman–Crippen LogP) is 2.90. The van der Waals surface area contributed by atoms with Crippen LogP contribution in [0.15, 0.2) is 24.5 Å². The first kappa shape index (κ1) is 19.2. The quantitative estimate of drug-likeness (QED) is 0.861. The van der Waals surface area contributed by atoms with Crippen molar-refractivity contribution >= 4 is 17.6 Å². The fourth-order valence-corrected chi connectivity index (χ4v) is 3.19. The average molecular weight is 346 g/mol. The van der Waals surface area contributed by atoms with Crippen molar-refractivity contribution < 1.29 is 9.59 Å². The zero-order valence-corrected chi connectivity index (χ0v) is 15.6. The number of hydrogen-bond acceptors (Lipinski definition) is 3. The van der Waals surface area contributed by atoms with E-state index in [9.17, 15) is 9.59 Å². The molecule has 0 bridgehead atoms. The number of nitrogens with zero attached hydrogens (tertiary/aromatic N) is 3. The predicted molar refractivity (Wildman–Crippen MR) is 99.4 cm³/mol. The van der Waals surface area contributed by atoms with Gasteiger partial charge in [-0.2, -0.15) is 0 Å². The normalized spacial score (nSPS) is 17.4. The van der Waals surface area contributed by atoms with Crippen LogP contribution in [-0.4, -0.2) is 48.0 Å². The number of hydrogen-bond donors (Lipinski definition) is 1. The van der Waals surface area contributed by atoms with Crippen molar-refractivity contribution in [3.8, 4) is 0 Å². The van der Waals surface area contributed by atoms with E-state index in [1.807, 2.05) is 24.0 Å². The summed E-state index contributed by atoms with van der Waals surface area (Å²) >= 11 is 0. The van der Waals surface area contributed by atoms with Gasteiger partial charge in [0.2, 0.25) is 5.91 Å². The first-order valence-corrected chi connectivity index (χ1v) is 9.24. The van der Waals surface area contributed by atoms with Crippen LogP contribution in [0.25, 0.3) is 0 Å². The summed E-state index contributed by atoms with van der Waals surface area (Å²) in [6, 6.07) is 3.73. The molecule has 0 radical (unpaired) electrons. The van der Waals surface area contributed by atoms with Gasteiger partial charge in [-0.15, -0.1) is 0 Å². The van der Waals surface area contributed by atoms with Crippen molar-refractivity contribution in [2.45, 2.75) is 40.0 Å². The molecule has 6 nitrogen and oxygen atoms in total. The number of aromatic nitrogens is 1. The lowest BCUT2D eigenvalue weighted by molar-refractivity contribution is -0.119.